The number of hydrogen-bond acceptors (Lipinski definition) is 2. The summed E-state index contributed by atoms with van der Waals surface area (Å²) >= 11 is 13.5. The van der Waals surface area contributed by atoms with Crippen molar-refractivity contribution in [3.63, 3.8) is 0 Å². The van der Waals surface area contributed by atoms with Crippen LogP contribution in [0.4, 0.5) is 0 Å². The molecular formula is C10H13Cl2NS. The average molecular weight is 250 g/mol. The fraction of sp³-hybridized carbons (Fsp3) is 0.400. The van der Waals surface area contributed by atoms with E-state index in [1.807, 2.05) is 12.1 Å². The van der Waals surface area contributed by atoms with Crippen molar-refractivity contribution in [2.75, 3.05) is 5.75 Å². The first-order valence-electron chi connectivity index (χ1n) is 4.47. The zero-order valence-electron chi connectivity index (χ0n) is 7.97. The molecule has 0 saturated carbocycles. The molecule has 1 rings (SSSR count). The molecule has 0 aromatic heterocycles. The van der Waals surface area contributed by atoms with Crippen LogP contribution < -0.4 is 5.73 Å². The Balaban J connectivity index is 2.62. The van der Waals surface area contributed by atoms with Crippen LogP contribution in [0.3, 0.4) is 0 Å². The van der Waals surface area contributed by atoms with Crippen LogP contribution in [0.25, 0.3) is 0 Å². The molecule has 14 heavy (non-hydrogen) atoms. The van der Waals surface area contributed by atoms with Crippen molar-refractivity contribution >= 4 is 35.0 Å². The highest BCUT2D eigenvalue weighted by atomic mass is 35.5. The van der Waals surface area contributed by atoms with E-state index in [9.17, 15) is 0 Å². The van der Waals surface area contributed by atoms with E-state index in [2.05, 4.69) is 6.92 Å². The molecular weight excluding hydrogens is 237 g/mol. The topological polar surface area (TPSA) is 26.0 Å². The highest BCUT2D eigenvalue weighted by molar-refractivity contribution is 7.99. The molecule has 0 spiro atoms. The molecule has 78 valence electrons. The van der Waals surface area contributed by atoms with Crippen molar-refractivity contribution in [3.05, 3.63) is 28.2 Å². The van der Waals surface area contributed by atoms with Gasteiger partial charge in [0.1, 0.15) is 0 Å². The van der Waals surface area contributed by atoms with Crippen molar-refractivity contribution < 1.29 is 0 Å². The summed E-state index contributed by atoms with van der Waals surface area (Å²) in [4.78, 5) is 1.00. The highest BCUT2D eigenvalue weighted by Gasteiger charge is 2.05. The second kappa shape index (κ2) is 5.86. The maximum Gasteiger partial charge on any atom is 0.0542 e. The van der Waals surface area contributed by atoms with E-state index in [0.29, 0.717) is 5.02 Å². The summed E-state index contributed by atoms with van der Waals surface area (Å²) in [5.41, 5.74) is 5.81. The minimum Gasteiger partial charge on any atom is -0.327 e. The average Bonchev–Trinajstić information content (AvgIpc) is 2.19. The smallest absolute Gasteiger partial charge is 0.0542 e. The van der Waals surface area contributed by atoms with Gasteiger partial charge in [-0.1, -0.05) is 30.1 Å². The highest BCUT2D eigenvalue weighted by Crippen LogP contribution is 2.30. The lowest BCUT2D eigenvalue weighted by Gasteiger charge is -2.09. The number of hydrogen-bond donors (Lipinski definition) is 1. The molecule has 1 nitrogen and oxygen atoms in total. The van der Waals surface area contributed by atoms with Crippen molar-refractivity contribution in [2.24, 2.45) is 5.73 Å². The molecule has 0 fully saturated rings. The number of halogens is 2. The summed E-state index contributed by atoms with van der Waals surface area (Å²) in [6.07, 6.45) is 0.977. The van der Waals surface area contributed by atoms with E-state index < -0.39 is 0 Å². The Morgan fingerprint density at radius 3 is 2.79 bits per heavy atom. The Hall–Kier alpha value is 0.110. The summed E-state index contributed by atoms with van der Waals surface area (Å²) in [6, 6.07) is 5.68. The van der Waals surface area contributed by atoms with Gasteiger partial charge in [-0.15, -0.1) is 11.8 Å². The van der Waals surface area contributed by atoms with Crippen molar-refractivity contribution in [1.82, 2.24) is 0 Å². The lowest BCUT2D eigenvalue weighted by molar-refractivity contribution is 0.725. The van der Waals surface area contributed by atoms with Gasteiger partial charge < -0.3 is 5.73 Å². The first-order chi connectivity index (χ1) is 6.63. The molecule has 0 amide bonds. The van der Waals surface area contributed by atoms with Crippen LogP contribution in [-0.2, 0) is 0 Å². The van der Waals surface area contributed by atoms with Gasteiger partial charge in [-0.05, 0) is 24.6 Å². The Bertz CT molecular complexity index is 304. The number of nitrogens with two attached hydrogens (primary N) is 1. The number of benzene rings is 1. The zero-order chi connectivity index (χ0) is 10.6. The standard InChI is InChI=1S/C10H13Cl2NS/c1-2-8(13)6-14-10-5-7(11)3-4-9(10)12/h3-5,8H,2,6,13H2,1H3. The van der Waals surface area contributed by atoms with Crippen LogP contribution >= 0.6 is 35.0 Å². The molecule has 0 aliphatic rings. The molecule has 1 aromatic rings. The van der Waals surface area contributed by atoms with Gasteiger partial charge in [-0.25, -0.2) is 0 Å². The summed E-state index contributed by atoms with van der Waals surface area (Å²) in [5.74, 6) is 0.872. The van der Waals surface area contributed by atoms with Gasteiger partial charge in [0.2, 0.25) is 0 Å². The Morgan fingerprint density at radius 2 is 2.14 bits per heavy atom. The fourth-order valence-corrected chi connectivity index (χ4v) is 2.47. The minimum absolute atomic E-state index is 0.218. The van der Waals surface area contributed by atoms with E-state index in [-0.39, 0.29) is 6.04 Å². The number of rotatable bonds is 4. The van der Waals surface area contributed by atoms with Gasteiger partial charge in [-0.2, -0.15) is 0 Å². The molecule has 0 aliphatic carbocycles. The Labute approximate surface area is 99.0 Å². The van der Waals surface area contributed by atoms with Gasteiger partial charge in [0.25, 0.3) is 0 Å². The third kappa shape index (κ3) is 3.70. The predicted octanol–water partition coefficient (Wildman–Crippen LogP) is 3.82. The van der Waals surface area contributed by atoms with Crippen molar-refractivity contribution in [2.45, 2.75) is 24.3 Å². The molecule has 1 aromatic carbocycles. The molecule has 0 saturated heterocycles. The molecule has 0 aliphatic heterocycles. The zero-order valence-corrected chi connectivity index (χ0v) is 10.3. The van der Waals surface area contributed by atoms with Gasteiger partial charge in [0, 0.05) is 21.7 Å². The fourth-order valence-electron chi connectivity index (χ4n) is 0.902. The van der Waals surface area contributed by atoms with Gasteiger partial charge in [0.05, 0.1) is 5.02 Å². The van der Waals surface area contributed by atoms with Gasteiger partial charge in [0.15, 0.2) is 0 Å². The van der Waals surface area contributed by atoms with Crippen molar-refractivity contribution in [1.29, 1.82) is 0 Å². The van der Waals surface area contributed by atoms with Crippen LogP contribution in [0, 0.1) is 0 Å². The van der Waals surface area contributed by atoms with Crippen LogP contribution in [-0.4, -0.2) is 11.8 Å². The monoisotopic (exact) mass is 249 g/mol. The first-order valence-corrected chi connectivity index (χ1v) is 6.21. The lowest BCUT2D eigenvalue weighted by Crippen LogP contribution is -2.21. The van der Waals surface area contributed by atoms with Crippen LogP contribution in [0.2, 0.25) is 10.0 Å². The normalized spacial score (nSPS) is 12.9. The van der Waals surface area contributed by atoms with E-state index in [0.717, 1.165) is 22.1 Å². The quantitative estimate of drug-likeness (QED) is 0.822. The third-order valence-electron chi connectivity index (χ3n) is 1.87. The molecule has 0 bridgehead atoms. The summed E-state index contributed by atoms with van der Waals surface area (Å²) in [5, 5.41) is 1.45. The maximum absolute atomic E-state index is 6.00. The van der Waals surface area contributed by atoms with Crippen LogP contribution in [0.1, 0.15) is 13.3 Å². The van der Waals surface area contributed by atoms with Crippen LogP contribution in [0.5, 0.6) is 0 Å². The van der Waals surface area contributed by atoms with Crippen molar-refractivity contribution in [3.8, 4) is 0 Å². The molecule has 0 radical (unpaired) electrons. The first kappa shape index (κ1) is 12.2. The second-order valence-electron chi connectivity index (χ2n) is 3.05. The van der Waals surface area contributed by atoms with E-state index >= 15 is 0 Å². The summed E-state index contributed by atoms with van der Waals surface area (Å²) in [6.45, 7) is 2.07. The Morgan fingerprint density at radius 1 is 1.43 bits per heavy atom. The van der Waals surface area contributed by atoms with Crippen LogP contribution in [0.15, 0.2) is 23.1 Å². The molecule has 0 heterocycles. The third-order valence-corrected chi connectivity index (χ3v) is 3.79. The summed E-state index contributed by atoms with van der Waals surface area (Å²) < 4.78 is 0. The molecule has 1 unspecified atom stereocenters. The minimum atomic E-state index is 0.218. The molecule has 4 heteroatoms. The predicted molar refractivity (Wildman–Crippen MR) is 65.5 cm³/mol. The van der Waals surface area contributed by atoms with E-state index in [1.54, 1.807) is 17.8 Å². The molecule has 2 N–H and O–H groups in total. The van der Waals surface area contributed by atoms with Gasteiger partial charge >= 0.3 is 0 Å². The number of thioether (sulfide) groups is 1. The second-order valence-corrected chi connectivity index (χ2v) is 4.96. The lowest BCUT2D eigenvalue weighted by atomic mass is 10.3. The Kier molecular flexibility index (Phi) is 5.10. The molecule has 1 atom stereocenters. The van der Waals surface area contributed by atoms with Gasteiger partial charge in [-0.3, -0.25) is 0 Å². The summed E-state index contributed by atoms with van der Waals surface area (Å²) in [7, 11) is 0. The van der Waals surface area contributed by atoms with E-state index in [1.165, 1.54) is 0 Å². The largest absolute Gasteiger partial charge is 0.327 e. The van der Waals surface area contributed by atoms with E-state index in [4.69, 9.17) is 28.9 Å². The maximum atomic E-state index is 6.00. The SMILES string of the molecule is CCC(N)CSc1cc(Cl)ccc1Cl.